The van der Waals surface area contributed by atoms with Crippen LogP contribution in [-0.4, -0.2) is 25.3 Å². The van der Waals surface area contributed by atoms with Crippen LogP contribution in [0.15, 0.2) is 21.6 Å². The number of nitrogens with zero attached hydrogens (tertiary/aromatic N) is 3. The van der Waals surface area contributed by atoms with Crippen molar-refractivity contribution < 1.29 is 0 Å². The Morgan fingerprint density at radius 3 is 2.73 bits per heavy atom. The van der Waals surface area contributed by atoms with Crippen molar-refractivity contribution in [2.24, 2.45) is 4.99 Å². The van der Waals surface area contributed by atoms with Crippen molar-refractivity contribution in [3.05, 3.63) is 27.2 Å². The normalized spacial score (nSPS) is 10.3. The van der Waals surface area contributed by atoms with Gasteiger partial charge < -0.3 is 4.90 Å². The summed E-state index contributed by atoms with van der Waals surface area (Å²) in [6, 6.07) is 5.46. The highest BCUT2D eigenvalue weighted by Gasteiger charge is 2.07. The van der Waals surface area contributed by atoms with Crippen LogP contribution in [0.5, 0.6) is 0 Å². The van der Waals surface area contributed by atoms with E-state index in [0.717, 1.165) is 4.47 Å². The number of hydrogen-bond acceptors (Lipinski definition) is 2. The minimum absolute atomic E-state index is 0.387. The van der Waals surface area contributed by atoms with Crippen LogP contribution in [0.3, 0.4) is 0 Å². The molecule has 0 fully saturated rings. The third kappa shape index (κ3) is 3.22. The van der Waals surface area contributed by atoms with Gasteiger partial charge in [0.2, 0.25) is 0 Å². The van der Waals surface area contributed by atoms with Crippen LogP contribution in [-0.2, 0) is 0 Å². The molecule has 0 radical (unpaired) electrons. The fraction of sp³-hybridized carbons (Fsp3) is 0.200. The fourth-order valence-corrected chi connectivity index (χ4v) is 1.78. The molecule has 0 amide bonds. The van der Waals surface area contributed by atoms with Crippen LogP contribution in [0, 0.1) is 11.3 Å². The van der Waals surface area contributed by atoms with Gasteiger partial charge in [-0.3, -0.25) is 0 Å². The minimum Gasteiger partial charge on any atom is -0.369 e. The Morgan fingerprint density at radius 2 is 2.20 bits per heavy atom. The first kappa shape index (κ1) is 12.0. The van der Waals surface area contributed by atoms with E-state index in [2.05, 4.69) is 20.9 Å². The standard InChI is InChI=1S/C10H9BrClN3/c1-15(2)6-14-10-4-7(11)3-9(12)8(10)5-13/h3-4,6H,1-2H3/b14-6-. The summed E-state index contributed by atoms with van der Waals surface area (Å²) < 4.78 is 0.803. The molecule has 0 heterocycles. The van der Waals surface area contributed by atoms with E-state index in [-0.39, 0.29) is 0 Å². The molecule has 0 aliphatic rings. The van der Waals surface area contributed by atoms with Crippen LogP contribution in [0.4, 0.5) is 5.69 Å². The Hall–Kier alpha value is -1.05. The lowest BCUT2D eigenvalue weighted by atomic mass is 10.2. The average molecular weight is 287 g/mol. The zero-order chi connectivity index (χ0) is 11.4. The van der Waals surface area contributed by atoms with E-state index in [0.29, 0.717) is 16.3 Å². The maximum absolute atomic E-state index is 8.92. The van der Waals surface area contributed by atoms with Gasteiger partial charge in [-0.1, -0.05) is 27.5 Å². The first-order valence-corrected chi connectivity index (χ1v) is 5.31. The molecule has 0 spiro atoms. The zero-order valence-electron chi connectivity index (χ0n) is 8.33. The van der Waals surface area contributed by atoms with Crippen molar-refractivity contribution in [3.63, 3.8) is 0 Å². The number of hydrogen-bond donors (Lipinski definition) is 0. The lowest BCUT2D eigenvalue weighted by molar-refractivity contribution is 0.643. The summed E-state index contributed by atoms with van der Waals surface area (Å²) in [5.41, 5.74) is 0.948. The largest absolute Gasteiger partial charge is 0.369 e. The van der Waals surface area contributed by atoms with Gasteiger partial charge in [0.15, 0.2) is 0 Å². The average Bonchev–Trinajstić information content (AvgIpc) is 2.13. The number of rotatable bonds is 2. The molecule has 0 aromatic heterocycles. The van der Waals surface area contributed by atoms with E-state index in [1.807, 2.05) is 20.2 Å². The van der Waals surface area contributed by atoms with Gasteiger partial charge in [0.25, 0.3) is 0 Å². The molecule has 3 nitrogen and oxygen atoms in total. The quantitative estimate of drug-likeness (QED) is 0.619. The topological polar surface area (TPSA) is 39.4 Å². The maximum atomic E-state index is 8.92. The highest BCUT2D eigenvalue weighted by molar-refractivity contribution is 9.10. The number of halogens is 2. The molecule has 0 unspecified atom stereocenters. The van der Waals surface area contributed by atoms with Gasteiger partial charge >= 0.3 is 0 Å². The summed E-state index contributed by atoms with van der Waals surface area (Å²) in [7, 11) is 3.71. The molecule has 0 N–H and O–H groups in total. The van der Waals surface area contributed by atoms with Crippen LogP contribution in [0.1, 0.15) is 5.56 Å². The molecule has 1 rings (SSSR count). The maximum Gasteiger partial charge on any atom is 0.103 e. The highest BCUT2D eigenvalue weighted by atomic mass is 79.9. The minimum atomic E-state index is 0.387. The Labute approximate surface area is 102 Å². The van der Waals surface area contributed by atoms with Gasteiger partial charge in [0.1, 0.15) is 6.07 Å². The first-order valence-electron chi connectivity index (χ1n) is 4.14. The summed E-state index contributed by atoms with van der Waals surface area (Å²) in [4.78, 5) is 5.95. The zero-order valence-corrected chi connectivity index (χ0v) is 10.7. The van der Waals surface area contributed by atoms with Gasteiger partial charge in [0, 0.05) is 18.6 Å². The third-order valence-corrected chi connectivity index (χ3v) is 2.33. The molecular formula is C10H9BrClN3. The van der Waals surface area contributed by atoms with Crippen LogP contribution in [0.25, 0.3) is 0 Å². The molecule has 5 heteroatoms. The molecule has 0 aliphatic heterocycles. The Kier molecular flexibility index (Phi) is 4.13. The van der Waals surface area contributed by atoms with Crippen molar-refractivity contribution >= 4 is 39.6 Å². The molecular weight excluding hydrogens is 277 g/mol. The van der Waals surface area contributed by atoms with Crippen LogP contribution in [0.2, 0.25) is 5.02 Å². The Balaban J connectivity index is 3.22. The second-order valence-corrected chi connectivity index (χ2v) is 4.42. The van der Waals surface area contributed by atoms with Gasteiger partial charge in [-0.15, -0.1) is 0 Å². The van der Waals surface area contributed by atoms with Crippen molar-refractivity contribution in [1.82, 2.24) is 4.90 Å². The second-order valence-electron chi connectivity index (χ2n) is 3.10. The number of benzene rings is 1. The molecule has 15 heavy (non-hydrogen) atoms. The summed E-state index contributed by atoms with van der Waals surface area (Å²) >= 11 is 9.21. The molecule has 0 saturated carbocycles. The van der Waals surface area contributed by atoms with Gasteiger partial charge in [-0.25, -0.2) is 4.99 Å². The molecule has 0 aliphatic carbocycles. The van der Waals surface area contributed by atoms with E-state index in [1.165, 1.54) is 0 Å². The van der Waals surface area contributed by atoms with E-state index < -0.39 is 0 Å². The van der Waals surface area contributed by atoms with Gasteiger partial charge in [-0.2, -0.15) is 5.26 Å². The monoisotopic (exact) mass is 285 g/mol. The smallest absolute Gasteiger partial charge is 0.103 e. The van der Waals surface area contributed by atoms with Crippen molar-refractivity contribution in [3.8, 4) is 6.07 Å². The molecule has 0 bridgehead atoms. The molecule has 0 atom stereocenters. The Morgan fingerprint density at radius 1 is 1.53 bits per heavy atom. The first-order chi connectivity index (χ1) is 7.04. The van der Waals surface area contributed by atoms with Crippen molar-refractivity contribution in [2.45, 2.75) is 0 Å². The van der Waals surface area contributed by atoms with Crippen LogP contribution < -0.4 is 0 Å². The molecule has 1 aromatic carbocycles. The molecule has 78 valence electrons. The third-order valence-electron chi connectivity index (χ3n) is 1.57. The van der Waals surface area contributed by atoms with E-state index >= 15 is 0 Å². The molecule has 1 aromatic rings. The number of nitriles is 1. The molecule has 0 saturated heterocycles. The van der Waals surface area contributed by atoms with Crippen LogP contribution >= 0.6 is 27.5 Å². The second kappa shape index (κ2) is 5.15. The van der Waals surface area contributed by atoms with E-state index in [9.17, 15) is 0 Å². The lowest BCUT2D eigenvalue weighted by Gasteiger charge is -2.05. The highest BCUT2D eigenvalue weighted by Crippen LogP contribution is 2.30. The fourth-order valence-electron chi connectivity index (χ4n) is 0.950. The van der Waals surface area contributed by atoms with Gasteiger partial charge in [0.05, 0.1) is 22.6 Å². The summed E-state index contributed by atoms with van der Waals surface area (Å²) in [6.45, 7) is 0. The Bertz CT molecular complexity index is 435. The summed E-state index contributed by atoms with van der Waals surface area (Å²) in [6.07, 6.45) is 1.62. The number of aliphatic imine (C=N–C) groups is 1. The predicted molar refractivity (Wildman–Crippen MR) is 65.7 cm³/mol. The predicted octanol–water partition coefficient (Wildman–Crippen LogP) is 3.20. The summed E-state index contributed by atoms with van der Waals surface area (Å²) in [5, 5.41) is 9.32. The SMILES string of the molecule is CN(C)/C=N\c1cc(Br)cc(Cl)c1C#N. The lowest BCUT2D eigenvalue weighted by Crippen LogP contribution is -2.07. The van der Waals surface area contributed by atoms with Gasteiger partial charge in [-0.05, 0) is 12.1 Å². The summed E-state index contributed by atoms with van der Waals surface area (Å²) in [5.74, 6) is 0. The van der Waals surface area contributed by atoms with Crippen molar-refractivity contribution in [2.75, 3.05) is 14.1 Å². The van der Waals surface area contributed by atoms with E-state index in [1.54, 1.807) is 23.4 Å². The van der Waals surface area contributed by atoms with Crippen molar-refractivity contribution in [1.29, 1.82) is 5.26 Å². The van der Waals surface area contributed by atoms with E-state index in [4.69, 9.17) is 16.9 Å².